The highest BCUT2D eigenvalue weighted by Gasteiger charge is 2.02. The molecule has 0 fully saturated rings. The Labute approximate surface area is 98.9 Å². The summed E-state index contributed by atoms with van der Waals surface area (Å²) < 4.78 is 2.14. The van der Waals surface area contributed by atoms with Gasteiger partial charge >= 0.3 is 0 Å². The Morgan fingerprint density at radius 1 is 0.875 bits per heavy atom. The first-order valence-corrected chi connectivity index (χ1v) is 5.54. The summed E-state index contributed by atoms with van der Waals surface area (Å²) in [6.45, 7) is 0. The van der Waals surface area contributed by atoms with E-state index >= 15 is 0 Å². The quantitative estimate of drug-likeness (QED) is 0.585. The second kappa shape index (κ2) is 3.69. The monoisotopic (exact) mass is 227 g/mol. The number of nitrogens with zero attached hydrogens (tertiary/aromatic N) is 1. The van der Waals surface area contributed by atoms with Crippen molar-refractivity contribution in [2.45, 2.75) is 0 Å². The van der Waals surface area contributed by atoms with Gasteiger partial charge in [-0.2, -0.15) is 0 Å². The lowest BCUT2D eigenvalue weighted by atomic mass is 10.2. The van der Waals surface area contributed by atoms with E-state index in [1.54, 1.807) is 0 Å². The van der Waals surface area contributed by atoms with Gasteiger partial charge in [0, 0.05) is 16.9 Å². The van der Waals surface area contributed by atoms with Crippen LogP contribution >= 0.6 is 11.6 Å². The third-order valence-electron chi connectivity index (χ3n) is 2.69. The summed E-state index contributed by atoms with van der Waals surface area (Å²) in [6, 6.07) is 18.3. The third kappa shape index (κ3) is 1.50. The van der Waals surface area contributed by atoms with Gasteiger partial charge in [-0.15, -0.1) is 0 Å². The second-order valence-corrected chi connectivity index (χ2v) is 4.16. The van der Waals surface area contributed by atoms with E-state index in [-0.39, 0.29) is 0 Å². The fourth-order valence-electron chi connectivity index (χ4n) is 1.93. The van der Waals surface area contributed by atoms with Crippen molar-refractivity contribution >= 4 is 22.5 Å². The van der Waals surface area contributed by atoms with Gasteiger partial charge in [-0.25, -0.2) is 0 Å². The topological polar surface area (TPSA) is 4.93 Å². The molecule has 1 aromatic heterocycles. The zero-order chi connectivity index (χ0) is 11.0. The van der Waals surface area contributed by atoms with Gasteiger partial charge in [-0.1, -0.05) is 35.9 Å². The molecule has 3 aromatic rings. The lowest BCUT2D eigenvalue weighted by Crippen LogP contribution is -1.90. The molecule has 1 nitrogen and oxygen atoms in total. The maximum absolute atomic E-state index is 6.00. The Hall–Kier alpha value is -1.73. The fourth-order valence-corrected chi connectivity index (χ4v) is 2.12. The van der Waals surface area contributed by atoms with Gasteiger partial charge in [-0.05, 0) is 35.7 Å². The molecule has 2 aromatic carbocycles. The Morgan fingerprint density at radius 2 is 1.75 bits per heavy atom. The molecule has 0 saturated heterocycles. The maximum atomic E-state index is 6.00. The van der Waals surface area contributed by atoms with Gasteiger partial charge < -0.3 is 4.57 Å². The van der Waals surface area contributed by atoms with Crippen molar-refractivity contribution in [1.82, 2.24) is 4.57 Å². The molecular formula is C14H10ClN. The molecule has 16 heavy (non-hydrogen) atoms. The summed E-state index contributed by atoms with van der Waals surface area (Å²) in [7, 11) is 0. The van der Waals surface area contributed by atoms with Crippen LogP contribution in [0.3, 0.4) is 0 Å². The molecule has 0 N–H and O–H groups in total. The number of benzene rings is 2. The molecule has 0 radical (unpaired) electrons. The fraction of sp³-hybridized carbons (Fsp3) is 0. The Balaban J connectivity index is 2.26. The van der Waals surface area contributed by atoms with Crippen LogP contribution in [0.15, 0.2) is 60.8 Å². The second-order valence-electron chi connectivity index (χ2n) is 3.72. The molecule has 0 atom stereocenters. The summed E-state index contributed by atoms with van der Waals surface area (Å²) in [5.41, 5.74) is 2.29. The molecule has 0 bridgehead atoms. The summed E-state index contributed by atoms with van der Waals surface area (Å²) in [4.78, 5) is 0. The number of aromatic nitrogens is 1. The van der Waals surface area contributed by atoms with Crippen molar-refractivity contribution in [2.75, 3.05) is 0 Å². The molecule has 78 valence electrons. The van der Waals surface area contributed by atoms with Crippen molar-refractivity contribution in [3.63, 3.8) is 0 Å². The lowest BCUT2D eigenvalue weighted by molar-refractivity contribution is 1.13. The van der Waals surface area contributed by atoms with Crippen LogP contribution in [0.1, 0.15) is 0 Å². The van der Waals surface area contributed by atoms with E-state index in [4.69, 9.17) is 11.6 Å². The molecule has 0 spiro atoms. The maximum Gasteiger partial charge on any atom is 0.0528 e. The third-order valence-corrected chi connectivity index (χ3v) is 2.92. The smallest absolute Gasteiger partial charge is 0.0528 e. The first-order valence-electron chi connectivity index (χ1n) is 5.17. The molecule has 0 saturated carbocycles. The van der Waals surface area contributed by atoms with E-state index in [0.717, 1.165) is 10.7 Å². The summed E-state index contributed by atoms with van der Waals surface area (Å²) in [5.74, 6) is 0. The van der Waals surface area contributed by atoms with Gasteiger partial charge in [0.05, 0.1) is 5.52 Å². The molecule has 1 heterocycles. The molecule has 0 amide bonds. The minimum absolute atomic E-state index is 0.760. The van der Waals surface area contributed by atoms with Crippen molar-refractivity contribution in [3.8, 4) is 5.69 Å². The van der Waals surface area contributed by atoms with E-state index in [0.29, 0.717) is 0 Å². The van der Waals surface area contributed by atoms with E-state index in [1.807, 2.05) is 30.3 Å². The van der Waals surface area contributed by atoms with Gasteiger partial charge in [0.15, 0.2) is 0 Å². The molecule has 0 aliphatic carbocycles. The minimum Gasteiger partial charge on any atom is -0.317 e. The number of fused-ring (bicyclic) bond motifs is 1. The molecule has 0 unspecified atom stereocenters. The van der Waals surface area contributed by atoms with Crippen LogP contribution in [0, 0.1) is 0 Å². The van der Waals surface area contributed by atoms with Crippen molar-refractivity contribution < 1.29 is 0 Å². The predicted molar refractivity (Wildman–Crippen MR) is 68.3 cm³/mol. The lowest BCUT2D eigenvalue weighted by Gasteiger charge is -2.05. The van der Waals surface area contributed by atoms with Gasteiger partial charge in [0.2, 0.25) is 0 Å². The van der Waals surface area contributed by atoms with E-state index < -0.39 is 0 Å². The average molecular weight is 228 g/mol. The molecular weight excluding hydrogens is 218 g/mol. The highest BCUT2D eigenvalue weighted by Crippen LogP contribution is 2.21. The highest BCUT2D eigenvalue weighted by molar-refractivity contribution is 6.30. The summed E-state index contributed by atoms with van der Waals surface area (Å²) >= 11 is 6.00. The van der Waals surface area contributed by atoms with Crippen LogP contribution in [0.4, 0.5) is 0 Å². The van der Waals surface area contributed by atoms with E-state index in [9.17, 15) is 0 Å². The number of rotatable bonds is 1. The number of hydrogen-bond acceptors (Lipinski definition) is 0. The van der Waals surface area contributed by atoms with Gasteiger partial charge in [0.1, 0.15) is 0 Å². The number of para-hydroxylation sites is 1. The minimum atomic E-state index is 0.760. The summed E-state index contributed by atoms with van der Waals surface area (Å²) in [5, 5.41) is 2.00. The van der Waals surface area contributed by atoms with Crippen LogP contribution in [-0.4, -0.2) is 4.57 Å². The first kappa shape index (κ1) is 9.49. The Morgan fingerprint density at radius 3 is 2.62 bits per heavy atom. The van der Waals surface area contributed by atoms with Crippen LogP contribution in [0.25, 0.3) is 16.6 Å². The predicted octanol–water partition coefficient (Wildman–Crippen LogP) is 4.28. The average Bonchev–Trinajstić information content (AvgIpc) is 2.72. The largest absolute Gasteiger partial charge is 0.317 e. The van der Waals surface area contributed by atoms with Gasteiger partial charge in [-0.3, -0.25) is 0 Å². The van der Waals surface area contributed by atoms with Crippen LogP contribution < -0.4 is 0 Å². The number of hydrogen-bond donors (Lipinski definition) is 0. The van der Waals surface area contributed by atoms with E-state index in [2.05, 4.69) is 35.0 Å². The van der Waals surface area contributed by atoms with Crippen LogP contribution in [0.5, 0.6) is 0 Å². The molecule has 2 heteroatoms. The molecule has 3 rings (SSSR count). The zero-order valence-electron chi connectivity index (χ0n) is 8.60. The molecule has 0 aliphatic heterocycles. The summed E-state index contributed by atoms with van der Waals surface area (Å²) in [6.07, 6.45) is 2.07. The zero-order valence-corrected chi connectivity index (χ0v) is 9.35. The van der Waals surface area contributed by atoms with Crippen LogP contribution in [0.2, 0.25) is 5.02 Å². The van der Waals surface area contributed by atoms with Crippen LogP contribution in [-0.2, 0) is 0 Å². The van der Waals surface area contributed by atoms with Gasteiger partial charge in [0.25, 0.3) is 0 Å². The Kier molecular flexibility index (Phi) is 2.19. The highest BCUT2D eigenvalue weighted by atomic mass is 35.5. The van der Waals surface area contributed by atoms with E-state index in [1.165, 1.54) is 10.9 Å². The normalized spacial score (nSPS) is 10.8. The van der Waals surface area contributed by atoms with Crippen molar-refractivity contribution in [1.29, 1.82) is 0 Å². The SMILES string of the molecule is Clc1cccc(-n2ccc3ccccc32)c1. The van der Waals surface area contributed by atoms with Crippen molar-refractivity contribution in [2.24, 2.45) is 0 Å². The first-order chi connectivity index (χ1) is 7.84. The Bertz CT molecular complexity index is 640. The number of halogens is 1. The molecule has 0 aliphatic rings. The van der Waals surface area contributed by atoms with Crippen molar-refractivity contribution in [3.05, 3.63) is 65.8 Å². The standard InChI is InChI=1S/C14H10ClN/c15-12-5-3-6-13(10-12)16-9-8-11-4-1-2-7-14(11)16/h1-10H.